The van der Waals surface area contributed by atoms with E-state index in [1.807, 2.05) is 18.2 Å². The maximum atomic E-state index is 12.9. The fourth-order valence-corrected chi connectivity index (χ4v) is 3.45. The predicted molar refractivity (Wildman–Crippen MR) is 118 cm³/mol. The number of allylic oxidation sites excluding steroid dienone is 1. The first-order valence-corrected chi connectivity index (χ1v) is 9.96. The van der Waals surface area contributed by atoms with Crippen LogP contribution in [0.25, 0.3) is 5.70 Å². The highest BCUT2D eigenvalue weighted by atomic mass is 16.6. The van der Waals surface area contributed by atoms with Gasteiger partial charge in [0.05, 0.1) is 13.2 Å². The monoisotopic (exact) mass is 408 g/mol. The molecule has 2 aromatic rings. The van der Waals surface area contributed by atoms with Crippen molar-refractivity contribution in [2.75, 3.05) is 12.4 Å². The Kier molecular flexibility index (Phi) is 6.15. The van der Waals surface area contributed by atoms with E-state index in [0.29, 0.717) is 11.3 Å². The van der Waals surface area contributed by atoms with E-state index >= 15 is 0 Å². The molecule has 0 aromatic heterocycles. The summed E-state index contributed by atoms with van der Waals surface area (Å²) in [5, 5.41) is 6.11. The van der Waals surface area contributed by atoms with Crippen LogP contribution < -0.4 is 15.4 Å². The van der Waals surface area contributed by atoms with Crippen LogP contribution in [0.4, 0.5) is 10.5 Å². The number of methoxy groups -OCH3 is 1. The number of fused-ring (bicyclic) bond motifs is 1. The minimum atomic E-state index is -0.523. The Morgan fingerprint density at radius 1 is 1.13 bits per heavy atom. The molecular formula is C24H28N2O4. The standard InChI is InChI=1S/C24H28N2O4/c1-15(2)30-23(28)25-18-9-6-16(7-10-18)22(27)13-21-20-12-19(29-5)11-8-17(20)14-24(3,4)26-21/h6-13,15,26H,14H2,1-5H3,(H,25,28). The molecule has 158 valence electrons. The summed E-state index contributed by atoms with van der Waals surface area (Å²) in [5.41, 5.74) is 3.83. The van der Waals surface area contributed by atoms with E-state index in [1.165, 1.54) is 5.56 Å². The summed E-state index contributed by atoms with van der Waals surface area (Å²) in [6.07, 6.45) is 1.75. The molecule has 1 heterocycles. The average Bonchev–Trinajstić information content (AvgIpc) is 2.66. The molecular weight excluding hydrogens is 380 g/mol. The van der Waals surface area contributed by atoms with Gasteiger partial charge >= 0.3 is 6.09 Å². The molecule has 2 N–H and O–H groups in total. The van der Waals surface area contributed by atoms with Crippen LogP contribution in [0.1, 0.15) is 49.2 Å². The van der Waals surface area contributed by atoms with Gasteiger partial charge in [-0.1, -0.05) is 6.07 Å². The molecule has 0 radical (unpaired) electrons. The zero-order chi connectivity index (χ0) is 21.9. The Balaban J connectivity index is 1.83. The molecule has 0 bridgehead atoms. The van der Waals surface area contributed by atoms with Crippen molar-refractivity contribution < 1.29 is 19.1 Å². The molecule has 0 spiro atoms. The smallest absolute Gasteiger partial charge is 0.411 e. The van der Waals surface area contributed by atoms with Gasteiger partial charge in [0.15, 0.2) is 5.78 Å². The van der Waals surface area contributed by atoms with Gasteiger partial charge in [-0.15, -0.1) is 0 Å². The predicted octanol–water partition coefficient (Wildman–Crippen LogP) is 4.80. The van der Waals surface area contributed by atoms with Crippen LogP contribution in [0.3, 0.4) is 0 Å². The Hall–Kier alpha value is -3.28. The molecule has 0 unspecified atom stereocenters. The van der Waals surface area contributed by atoms with Gasteiger partial charge < -0.3 is 14.8 Å². The fraction of sp³-hybridized carbons (Fsp3) is 0.333. The molecule has 0 fully saturated rings. The third-order valence-electron chi connectivity index (χ3n) is 4.75. The molecule has 6 nitrogen and oxygen atoms in total. The van der Waals surface area contributed by atoms with Gasteiger partial charge in [0.1, 0.15) is 5.75 Å². The number of benzene rings is 2. The number of ketones is 1. The number of carbonyl (C=O) groups excluding carboxylic acids is 2. The van der Waals surface area contributed by atoms with E-state index < -0.39 is 6.09 Å². The highest BCUT2D eigenvalue weighted by Gasteiger charge is 2.28. The third kappa shape index (κ3) is 5.20. The maximum absolute atomic E-state index is 12.9. The zero-order valence-corrected chi connectivity index (χ0v) is 18.0. The SMILES string of the molecule is COc1ccc2c(c1)C(=CC(=O)c1ccc(NC(=O)OC(C)C)cc1)NC(C)(C)C2. The van der Waals surface area contributed by atoms with E-state index in [1.54, 1.807) is 51.3 Å². The second-order valence-electron chi connectivity index (χ2n) is 8.29. The Labute approximate surface area is 177 Å². The molecule has 1 amide bonds. The van der Waals surface area contributed by atoms with Crippen molar-refractivity contribution in [3.05, 3.63) is 65.2 Å². The molecule has 1 aliphatic heterocycles. The van der Waals surface area contributed by atoms with Crippen LogP contribution in [-0.4, -0.2) is 30.6 Å². The maximum Gasteiger partial charge on any atom is 0.411 e. The lowest BCUT2D eigenvalue weighted by Gasteiger charge is -2.35. The van der Waals surface area contributed by atoms with Gasteiger partial charge in [0, 0.05) is 34.1 Å². The van der Waals surface area contributed by atoms with Crippen LogP contribution in [-0.2, 0) is 11.2 Å². The summed E-state index contributed by atoms with van der Waals surface area (Å²) in [7, 11) is 1.63. The summed E-state index contributed by atoms with van der Waals surface area (Å²) < 4.78 is 10.4. The van der Waals surface area contributed by atoms with Crippen LogP contribution in [0, 0.1) is 0 Å². The lowest BCUT2D eigenvalue weighted by atomic mass is 9.85. The van der Waals surface area contributed by atoms with E-state index in [0.717, 1.165) is 23.4 Å². The Bertz CT molecular complexity index is 975. The van der Waals surface area contributed by atoms with Gasteiger partial charge in [-0.25, -0.2) is 4.79 Å². The van der Waals surface area contributed by atoms with Crippen LogP contribution in [0.5, 0.6) is 5.75 Å². The molecule has 0 atom stereocenters. The highest BCUT2D eigenvalue weighted by Crippen LogP contribution is 2.32. The number of carbonyl (C=O) groups is 2. The summed E-state index contributed by atoms with van der Waals surface area (Å²) >= 11 is 0. The molecule has 0 aliphatic carbocycles. The van der Waals surface area contributed by atoms with Gasteiger partial charge in [0.2, 0.25) is 0 Å². The highest BCUT2D eigenvalue weighted by molar-refractivity contribution is 6.09. The minimum Gasteiger partial charge on any atom is -0.497 e. The largest absolute Gasteiger partial charge is 0.497 e. The number of hydrogen-bond donors (Lipinski definition) is 2. The van der Waals surface area contributed by atoms with Crippen molar-refractivity contribution in [1.82, 2.24) is 5.32 Å². The van der Waals surface area contributed by atoms with E-state index in [2.05, 4.69) is 24.5 Å². The summed E-state index contributed by atoms with van der Waals surface area (Å²) in [6, 6.07) is 12.7. The number of nitrogens with one attached hydrogen (secondary N) is 2. The van der Waals surface area contributed by atoms with Crippen LogP contribution in [0.2, 0.25) is 0 Å². The molecule has 30 heavy (non-hydrogen) atoms. The molecule has 3 rings (SSSR count). The quantitative estimate of drug-likeness (QED) is 0.549. The molecule has 0 saturated carbocycles. The lowest BCUT2D eigenvalue weighted by Crippen LogP contribution is -2.43. The Morgan fingerprint density at radius 3 is 2.47 bits per heavy atom. The van der Waals surface area contributed by atoms with E-state index in [-0.39, 0.29) is 17.4 Å². The van der Waals surface area contributed by atoms with E-state index in [4.69, 9.17) is 9.47 Å². The number of amides is 1. The second-order valence-corrected chi connectivity index (χ2v) is 8.29. The molecule has 6 heteroatoms. The van der Waals surface area contributed by atoms with Gasteiger partial charge in [0.25, 0.3) is 0 Å². The fourth-order valence-electron chi connectivity index (χ4n) is 3.45. The van der Waals surface area contributed by atoms with E-state index in [9.17, 15) is 9.59 Å². The number of ether oxygens (including phenoxy) is 2. The number of rotatable bonds is 5. The molecule has 1 aliphatic rings. The second kappa shape index (κ2) is 8.61. The zero-order valence-electron chi connectivity index (χ0n) is 18.0. The number of hydrogen-bond acceptors (Lipinski definition) is 5. The first kappa shape index (κ1) is 21.4. The first-order valence-electron chi connectivity index (χ1n) is 9.96. The van der Waals surface area contributed by atoms with Crippen molar-refractivity contribution in [3.63, 3.8) is 0 Å². The summed E-state index contributed by atoms with van der Waals surface area (Å²) in [4.78, 5) is 24.6. The topological polar surface area (TPSA) is 76.7 Å². The summed E-state index contributed by atoms with van der Waals surface area (Å²) in [5.74, 6) is 0.623. The van der Waals surface area contributed by atoms with Gasteiger partial charge in [-0.2, -0.15) is 0 Å². The van der Waals surface area contributed by atoms with Gasteiger partial charge in [-0.05, 0) is 76.1 Å². The van der Waals surface area contributed by atoms with Crippen molar-refractivity contribution in [3.8, 4) is 5.75 Å². The Morgan fingerprint density at radius 2 is 1.83 bits per heavy atom. The van der Waals surface area contributed by atoms with Crippen molar-refractivity contribution in [2.24, 2.45) is 0 Å². The van der Waals surface area contributed by atoms with Crippen LogP contribution in [0.15, 0.2) is 48.5 Å². The summed E-state index contributed by atoms with van der Waals surface area (Å²) in [6.45, 7) is 7.77. The third-order valence-corrected chi connectivity index (χ3v) is 4.75. The van der Waals surface area contributed by atoms with Crippen LogP contribution >= 0.6 is 0 Å². The average molecular weight is 408 g/mol. The minimum absolute atomic E-state index is 0.125. The number of anilines is 1. The van der Waals surface area contributed by atoms with Crippen molar-refractivity contribution >= 4 is 23.3 Å². The van der Waals surface area contributed by atoms with Gasteiger partial charge in [-0.3, -0.25) is 10.1 Å². The van der Waals surface area contributed by atoms with Crippen molar-refractivity contribution in [1.29, 1.82) is 0 Å². The molecule has 0 saturated heterocycles. The first-order chi connectivity index (χ1) is 14.2. The lowest BCUT2D eigenvalue weighted by molar-refractivity contribution is 0.104. The normalized spacial score (nSPS) is 15.9. The molecule has 2 aromatic carbocycles. The van der Waals surface area contributed by atoms with Crippen molar-refractivity contribution in [2.45, 2.75) is 45.8 Å².